The summed E-state index contributed by atoms with van der Waals surface area (Å²) in [7, 11) is 0. The first-order valence-corrected chi connectivity index (χ1v) is 8.69. The van der Waals surface area contributed by atoms with E-state index >= 15 is 0 Å². The van der Waals surface area contributed by atoms with Crippen molar-refractivity contribution in [2.24, 2.45) is 0 Å². The number of amides is 2. The molecule has 2 aromatic rings. The number of aryl methyl sites for hydroxylation is 1. The summed E-state index contributed by atoms with van der Waals surface area (Å²) >= 11 is 0. The Hall–Kier alpha value is -3.02. The molecule has 6 nitrogen and oxygen atoms in total. The number of hydrogen-bond acceptors (Lipinski definition) is 3. The van der Waals surface area contributed by atoms with Gasteiger partial charge in [0, 0.05) is 38.4 Å². The van der Waals surface area contributed by atoms with Crippen LogP contribution in [0.1, 0.15) is 21.5 Å². The molecule has 136 valence electrons. The van der Waals surface area contributed by atoms with Crippen molar-refractivity contribution >= 4 is 17.7 Å². The number of rotatable bonds is 4. The summed E-state index contributed by atoms with van der Waals surface area (Å²) in [5.41, 5.74) is 3.55. The zero-order valence-electron chi connectivity index (χ0n) is 14.8. The predicted octanol–water partition coefficient (Wildman–Crippen LogP) is 2.73. The number of nitrogens with zero attached hydrogens (tertiary/aromatic N) is 2. The largest absolute Gasteiger partial charge is 0.478 e. The number of carbonyl (C=O) groups is 2. The Morgan fingerprint density at radius 2 is 1.73 bits per heavy atom. The van der Waals surface area contributed by atoms with E-state index < -0.39 is 5.97 Å². The third-order valence-corrected chi connectivity index (χ3v) is 4.58. The van der Waals surface area contributed by atoms with Crippen LogP contribution in [0.3, 0.4) is 0 Å². The number of urea groups is 1. The van der Waals surface area contributed by atoms with Crippen LogP contribution in [0.25, 0.3) is 0 Å². The number of carboxylic acid groups (broad SMARTS) is 1. The number of anilines is 1. The molecule has 0 aliphatic carbocycles. The van der Waals surface area contributed by atoms with Gasteiger partial charge in [-0.15, -0.1) is 0 Å². The standard InChI is InChI=1S/C20H23N3O3/c1-15-3-2-4-18(13-15)22-9-11-23(12-10-22)20(26)21-14-16-5-7-17(8-6-16)19(24)25/h2-8,13H,9-12,14H2,1H3,(H,21,26)(H,24,25). The molecule has 1 aliphatic rings. The Balaban J connectivity index is 1.48. The van der Waals surface area contributed by atoms with Gasteiger partial charge in [0.2, 0.25) is 0 Å². The second-order valence-corrected chi connectivity index (χ2v) is 6.47. The summed E-state index contributed by atoms with van der Waals surface area (Å²) in [6.45, 7) is 5.44. The van der Waals surface area contributed by atoms with Gasteiger partial charge in [-0.1, -0.05) is 24.3 Å². The first-order chi connectivity index (χ1) is 12.5. The fourth-order valence-electron chi connectivity index (χ4n) is 3.05. The van der Waals surface area contributed by atoms with Crippen LogP contribution in [0.4, 0.5) is 10.5 Å². The summed E-state index contributed by atoms with van der Waals surface area (Å²) in [6.07, 6.45) is 0. The molecule has 0 saturated carbocycles. The predicted molar refractivity (Wildman–Crippen MR) is 101 cm³/mol. The third kappa shape index (κ3) is 4.33. The summed E-state index contributed by atoms with van der Waals surface area (Å²) < 4.78 is 0. The molecular weight excluding hydrogens is 330 g/mol. The number of carbonyl (C=O) groups excluding carboxylic acids is 1. The van der Waals surface area contributed by atoms with Crippen LogP contribution in [0.5, 0.6) is 0 Å². The van der Waals surface area contributed by atoms with Crippen LogP contribution in [0.2, 0.25) is 0 Å². The summed E-state index contributed by atoms with van der Waals surface area (Å²) in [6, 6.07) is 14.8. The average Bonchev–Trinajstić information content (AvgIpc) is 2.66. The van der Waals surface area contributed by atoms with Crippen molar-refractivity contribution in [2.45, 2.75) is 13.5 Å². The third-order valence-electron chi connectivity index (χ3n) is 4.58. The zero-order valence-corrected chi connectivity index (χ0v) is 14.8. The normalized spacial score (nSPS) is 14.2. The van der Waals surface area contributed by atoms with E-state index in [-0.39, 0.29) is 11.6 Å². The van der Waals surface area contributed by atoms with E-state index in [1.807, 2.05) is 4.90 Å². The highest BCUT2D eigenvalue weighted by atomic mass is 16.4. The molecule has 0 spiro atoms. The van der Waals surface area contributed by atoms with Gasteiger partial charge in [0.1, 0.15) is 0 Å². The fraction of sp³-hybridized carbons (Fsp3) is 0.300. The van der Waals surface area contributed by atoms with Gasteiger partial charge in [-0.05, 0) is 42.3 Å². The second kappa shape index (κ2) is 7.91. The quantitative estimate of drug-likeness (QED) is 0.886. The van der Waals surface area contributed by atoms with Gasteiger partial charge in [-0.25, -0.2) is 9.59 Å². The molecule has 0 bridgehead atoms. The molecule has 1 fully saturated rings. The molecule has 0 radical (unpaired) electrons. The molecule has 2 aromatic carbocycles. The Morgan fingerprint density at radius 3 is 2.35 bits per heavy atom. The Labute approximate surface area is 153 Å². The lowest BCUT2D eigenvalue weighted by atomic mass is 10.1. The first kappa shape index (κ1) is 17.8. The summed E-state index contributed by atoms with van der Waals surface area (Å²) in [5, 5.41) is 11.8. The van der Waals surface area contributed by atoms with Gasteiger partial charge in [0.05, 0.1) is 5.56 Å². The van der Waals surface area contributed by atoms with Crippen molar-refractivity contribution < 1.29 is 14.7 Å². The number of nitrogens with one attached hydrogen (secondary N) is 1. The van der Waals surface area contributed by atoms with E-state index in [0.29, 0.717) is 19.6 Å². The Bertz CT molecular complexity index is 781. The van der Waals surface area contributed by atoms with Gasteiger partial charge in [-0.2, -0.15) is 0 Å². The van der Waals surface area contributed by atoms with Gasteiger partial charge < -0.3 is 20.2 Å². The molecule has 0 aromatic heterocycles. The monoisotopic (exact) mass is 353 g/mol. The van der Waals surface area contributed by atoms with E-state index in [4.69, 9.17) is 5.11 Å². The zero-order chi connectivity index (χ0) is 18.5. The molecule has 1 saturated heterocycles. The van der Waals surface area contributed by atoms with Crippen LogP contribution in [-0.2, 0) is 6.54 Å². The van der Waals surface area contributed by atoms with Gasteiger partial charge in [-0.3, -0.25) is 0 Å². The van der Waals surface area contributed by atoms with Crippen molar-refractivity contribution in [3.05, 3.63) is 65.2 Å². The van der Waals surface area contributed by atoms with E-state index in [1.165, 1.54) is 11.3 Å². The van der Waals surface area contributed by atoms with Crippen molar-refractivity contribution in [3.8, 4) is 0 Å². The molecule has 3 rings (SSSR count). The Morgan fingerprint density at radius 1 is 1.04 bits per heavy atom. The van der Waals surface area contributed by atoms with E-state index in [2.05, 4.69) is 41.4 Å². The average molecular weight is 353 g/mol. The lowest BCUT2D eigenvalue weighted by Crippen LogP contribution is -2.51. The van der Waals surface area contributed by atoms with Crippen LogP contribution >= 0.6 is 0 Å². The topological polar surface area (TPSA) is 72.9 Å². The number of piperazine rings is 1. The van der Waals surface area contributed by atoms with Crippen LogP contribution < -0.4 is 10.2 Å². The van der Waals surface area contributed by atoms with Crippen molar-refractivity contribution in [1.82, 2.24) is 10.2 Å². The number of carboxylic acids is 1. The fourth-order valence-corrected chi connectivity index (χ4v) is 3.05. The number of benzene rings is 2. The molecule has 26 heavy (non-hydrogen) atoms. The van der Waals surface area contributed by atoms with Crippen molar-refractivity contribution in [1.29, 1.82) is 0 Å². The number of aromatic carboxylic acids is 1. The van der Waals surface area contributed by atoms with Gasteiger partial charge in [0.15, 0.2) is 0 Å². The van der Waals surface area contributed by atoms with Crippen LogP contribution in [-0.4, -0.2) is 48.2 Å². The summed E-state index contributed by atoms with van der Waals surface area (Å²) in [4.78, 5) is 27.3. The minimum absolute atomic E-state index is 0.0868. The van der Waals surface area contributed by atoms with Crippen LogP contribution in [0, 0.1) is 6.92 Å². The van der Waals surface area contributed by atoms with Gasteiger partial charge in [0.25, 0.3) is 0 Å². The lowest BCUT2D eigenvalue weighted by Gasteiger charge is -2.36. The van der Waals surface area contributed by atoms with E-state index in [9.17, 15) is 9.59 Å². The maximum absolute atomic E-state index is 12.3. The van der Waals surface area contributed by atoms with Crippen molar-refractivity contribution in [2.75, 3.05) is 31.1 Å². The molecular formula is C20H23N3O3. The molecule has 1 heterocycles. The smallest absolute Gasteiger partial charge is 0.335 e. The highest BCUT2D eigenvalue weighted by molar-refractivity contribution is 5.87. The minimum Gasteiger partial charge on any atom is -0.478 e. The molecule has 0 unspecified atom stereocenters. The maximum atomic E-state index is 12.3. The molecule has 1 aliphatic heterocycles. The summed E-state index contributed by atoms with van der Waals surface area (Å²) in [5.74, 6) is -0.952. The Kier molecular flexibility index (Phi) is 5.41. The van der Waals surface area contributed by atoms with Crippen LogP contribution in [0.15, 0.2) is 48.5 Å². The van der Waals surface area contributed by atoms with Gasteiger partial charge >= 0.3 is 12.0 Å². The number of hydrogen-bond donors (Lipinski definition) is 2. The molecule has 2 amide bonds. The lowest BCUT2D eigenvalue weighted by molar-refractivity contribution is 0.0697. The highest BCUT2D eigenvalue weighted by Gasteiger charge is 2.21. The molecule has 6 heteroatoms. The first-order valence-electron chi connectivity index (χ1n) is 8.69. The van der Waals surface area contributed by atoms with Crippen molar-refractivity contribution in [3.63, 3.8) is 0 Å². The highest BCUT2D eigenvalue weighted by Crippen LogP contribution is 2.17. The van der Waals surface area contributed by atoms with E-state index in [0.717, 1.165) is 18.7 Å². The second-order valence-electron chi connectivity index (χ2n) is 6.47. The molecule has 0 atom stereocenters. The van der Waals surface area contributed by atoms with E-state index in [1.54, 1.807) is 24.3 Å². The molecule has 2 N–H and O–H groups in total. The SMILES string of the molecule is Cc1cccc(N2CCN(C(=O)NCc3ccc(C(=O)O)cc3)CC2)c1. The maximum Gasteiger partial charge on any atom is 0.335 e. The minimum atomic E-state index is -0.952.